The van der Waals surface area contributed by atoms with Crippen molar-refractivity contribution < 1.29 is 9.53 Å². The summed E-state index contributed by atoms with van der Waals surface area (Å²) in [6, 6.07) is 8.91. The molecule has 0 spiro atoms. The van der Waals surface area contributed by atoms with Crippen molar-refractivity contribution in [2.45, 2.75) is 58.1 Å². The normalized spacial score (nSPS) is 14.7. The van der Waals surface area contributed by atoms with E-state index in [-0.39, 0.29) is 6.09 Å². The van der Waals surface area contributed by atoms with E-state index in [4.69, 9.17) is 4.74 Å². The zero-order valence-electron chi connectivity index (χ0n) is 13.9. The second-order valence-corrected chi connectivity index (χ2v) is 6.97. The summed E-state index contributed by atoms with van der Waals surface area (Å²) in [5.74, 6) is 0.820. The van der Waals surface area contributed by atoms with Gasteiger partial charge < -0.3 is 15.4 Å². The third-order valence-electron chi connectivity index (χ3n) is 3.56. The van der Waals surface area contributed by atoms with Gasteiger partial charge in [-0.25, -0.2) is 4.79 Å². The van der Waals surface area contributed by atoms with Crippen molar-refractivity contribution in [3.63, 3.8) is 0 Å². The average molecular weight is 304 g/mol. The highest BCUT2D eigenvalue weighted by Gasteiger charge is 2.22. The van der Waals surface area contributed by atoms with Gasteiger partial charge in [0.15, 0.2) is 0 Å². The molecule has 0 bridgehead atoms. The molecule has 122 valence electrons. The Hall–Kier alpha value is -1.55. The van der Waals surface area contributed by atoms with E-state index in [2.05, 4.69) is 34.9 Å². The summed E-state index contributed by atoms with van der Waals surface area (Å²) in [6.45, 7) is 7.97. The third-order valence-corrected chi connectivity index (χ3v) is 3.56. The molecule has 4 heteroatoms. The molecular weight excluding hydrogens is 276 g/mol. The van der Waals surface area contributed by atoms with Crippen LogP contribution >= 0.6 is 0 Å². The van der Waals surface area contributed by atoms with Crippen LogP contribution in [0, 0.1) is 0 Å². The van der Waals surface area contributed by atoms with Crippen molar-refractivity contribution >= 4 is 6.09 Å². The first-order valence-corrected chi connectivity index (χ1v) is 8.20. The molecule has 22 heavy (non-hydrogen) atoms. The molecule has 1 saturated carbocycles. The van der Waals surface area contributed by atoms with Crippen molar-refractivity contribution in [2.24, 2.45) is 0 Å². The van der Waals surface area contributed by atoms with Gasteiger partial charge in [0.2, 0.25) is 0 Å². The lowest BCUT2D eigenvalue weighted by molar-refractivity contribution is 0.0527. The van der Waals surface area contributed by atoms with E-state index in [0.29, 0.717) is 6.54 Å². The van der Waals surface area contributed by atoms with E-state index in [1.807, 2.05) is 20.8 Å². The second-order valence-electron chi connectivity index (χ2n) is 6.97. The molecule has 0 atom stereocenters. The fraction of sp³-hybridized carbons (Fsp3) is 0.611. The minimum Gasteiger partial charge on any atom is -0.444 e. The van der Waals surface area contributed by atoms with Gasteiger partial charge >= 0.3 is 6.09 Å². The number of carbonyl (C=O) groups excluding carboxylic acids is 1. The van der Waals surface area contributed by atoms with Gasteiger partial charge in [-0.1, -0.05) is 24.3 Å². The summed E-state index contributed by atoms with van der Waals surface area (Å²) < 4.78 is 5.18. The highest BCUT2D eigenvalue weighted by molar-refractivity contribution is 5.67. The minimum atomic E-state index is -0.436. The first-order valence-electron chi connectivity index (χ1n) is 8.20. The van der Waals surface area contributed by atoms with Gasteiger partial charge in [0.25, 0.3) is 0 Å². The van der Waals surface area contributed by atoms with Crippen molar-refractivity contribution in [1.82, 2.24) is 10.6 Å². The molecule has 0 aromatic heterocycles. The van der Waals surface area contributed by atoms with Crippen LogP contribution in [-0.2, 0) is 11.3 Å². The van der Waals surface area contributed by atoms with Crippen LogP contribution in [0.5, 0.6) is 0 Å². The SMILES string of the molecule is CC(C)(C)OC(=O)NCCCNCc1ccc(C2CC2)cc1. The fourth-order valence-corrected chi connectivity index (χ4v) is 2.28. The lowest BCUT2D eigenvalue weighted by Gasteiger charge is -2.19. The van der Waals surface area contributed by atoms with Crippen LogP contribution in [0.25, 0.3) is 0 Å². The zero-order valence-corrected chi connectivity index (χ0v) is 13.9. The molecule has 1 aliphatic carbocycles. The molecule has 0 saturated heterocycles. The number of benzene rings is 1. The van der Waals surface area contributed by atoms with Crippen LogP contribution in [-0.4, -0.2) is 24.8 Å². The highest BCUT2D eigenvalue weighted by atomic mass is 16.6. The smallest absolute Gasteiger partial charge is 0.407 e. The van der Waals surface area contributed by atoms with Gasteiger partial charge in [-0.05, 0) is 63.6 Å². The first-order chi connectivity index (χ1) is 10.4. The van der Waals surface area contributed by atoms with Gasteiger partial charge in [-0.2, -0.15) is 0 Å². The van der Waals surface area contributed by atoms with Crippen molar-refractivity contribution in [3.8, 4) is 0 Å². The van der Waals surface area contributed by atoms with E-state index >= 15 is 0 Å². The molecule has 0 radical (unpaired) electrons. The van der Waals surface area contributed by atoms with Crippen LogP contribution in [0.3, 0.4) is 0 Å². The highest BCUT2D eigenvalue weighted by Crippen LogP contribution is 2.39. The van der Waals surface area contributed by atoms with Crippen LogP contribution in [0.2, 0.25) is 0 Å². The molecule has 0 unspecified atom stereocenters. The first kappa shape index (κ1) is 16.8. The Morgan fingerprint density at radius 3 is 2.45 bits per heavy atom. The Kier molecular flexibility index (Phi) is 5.83. The molecule has 1 aromatic carbocycles. The molecule has 1 aliphatic rings. The summed E-state index contributed by atoms with van der Waals surface area (Å²) in [7, 11) is 0. The molecular formula is C18H28N2O2. The Morgan fingerprint density at radius 1 is 1.18 bits per heavy atom. The predicted molar refractivity (Wildman–Crippen MR) is 89.0 cm³/mol. The molecule has 0 aliphatic heterocycles. The number of amides is 1. The molecule has 1 amide bonds. The largest absolute Gasteiger partial charge is 0.444 e. The monoisotopic (exact) mass is 304 g/mol. The van der Waals surface area contributed by atoms with E-state index in [1.165, 1.54) is 24.0 Å². The van der Waals surface area contributed by atoms with Gasteiger partial charge in [0.05, 0.1) is 0 Å². The van der Waals surface area contributed by atoms with Crippen LogP contribution in [0.4, 0.5) is 4.79 Å². The molecule has 2 rings (SSSR count). The topological polar surface area (TPSA) is 50.4 Å². The van der Waals surface area contributed by atoms with Gasteiger partial charge in [-0.15, -0.1) is 0 Å². The van der Waals surface area contributed by atoms with Crippen molar-refractivity contribution in [1.29, 1.82) is 0 Å². The Balaban J connectivity index is 1.52. The van der Waals surface area contributed by atoms with Gasteiger partial charge in [-0.3, -0.25) is 0 Å². The summed E-state index contributed by atoms with van der Waals surface area (Å²) in [6.07, 6.45) is 3.24. The maximum absolute atomic E-state index is 11.5. The standard InChI is InChI=1S/C18H28N2O2/c1-18(2,3)22-17(21)20-12-4-11-19-13-14-5-7-15(8-6-14)16-9-10-16/h5-8,16,19H,4,9-13H2,1-3H3,(H,20,21). The van der Waals surface area contributed by atoms with Gasteiger partial charge in [0, 0.05) is 13.1 Å². The Bertz CT molecular complexity index is 473. The molecule has 0 heterocycles. The number of rotatable bonds is 7. The summed E-state index contributed by atoms with van der Waals surface area (Å²) in [4.78, 5) is 11.5. The lowest BCUT2D eigenvalue weighted by Crippen LogP contribution is -2.33. The fourth-order valence-electron chi connectivity index (χ4n) is 2.28. The molecule has 1 aromatic rings. The number of nitrogens with one attached hydrogen (secondary N) is 2. The summed E-state index contributed by atoms with van der Waals surface area (Å²) in [5, 5.41) is 6.16. The van der Waals surface area contributed by atoms with Crippen molar-refractivity contribution in [2.75, 3.05) is 13.1 Å². The van der Waals surface area contributed by atoms with E-state index in [9.17, 15) is 4.79 Å². The Morgan fingerprint density at radius 2 is 1.86 bits per heavy atom. The number of alkyl carbamates (subject to hydrolysis) is 1. The van der Waals surface area contributed by atoms with Crippen LogP contribution in [0.1, 0.15) is 57.1 Å². The van der Waals surface area contributed by atoms with Crippen LogP contribution in [0.15, 0.2) is 24.3 Å². The zero-order chi connectivity index (χ0) is 16.0. The average Bonchev–Trinajstić information content (AvgIpc) is 3.26. The van der Waals surface area contributed by atoms with Gasteiger partial charge in [0.1, 0.15) is 5.60 Å². The molecule has 2 N–H and O–H groups in total. The van der Waals surface area contributed by atoms with E-state index < -0.39 is 5.60 Å². The number of hydrogen-bond acceptors (Lipinski definition) is 3. The number of carbonyl (C=O) groups is 1. The number of ether oxygens (including phenoxy) is 1. The predicted octanol–water partition coefficient (Wildman–Crippen LogP) is 3.57. The maximum atomic E-state index is 11.5. The molecule has 4 nitrogen and oxygen atoms in total. The van der Waals surface area contributed by atoms with Crippen molar-refractivity contribution in [3.05, 3.63) is 35.4 Å². The number of hydrogen-bond donors (Lipinski definition) is 2. The third kappa shape index (κ3) is 6.48. The minimum absolute atomic E-state index is 0.344. The van der Waals surface area contributed by atoms with E-state index in [0.717, 1.165) is 25.4 Å². The quantitative estimate of drug-likeness (QED) is 0.757. The maximum Gasteiger partial charge on any atom is 0.407 e. The Labute approximate surface area is 133 Å². The molecule has 1 fully saturated rings. The van der Waals surface area contributed by atoms with E-state index in [1.54, 1.807) is 0 Å². The van der Waals surface area contributed by atoms with Crippen LogP contribution < -0.4 is 10.6 Å². The summed E-state index contributed by atoms with van der Waals surface area (Å²) in [5.41, 5.74) is 2.35. The second kappa shape index (κ2) is 7.63. The lowest BCUT2D eigenvalue weighted by atomic mass is 10.1. The summed E-state index contributed by atoms with van der Waals surface area (Å²) >= 11 is 0.